The van der Waals surface area contributed by atoms with E-state index >= 15 is 0 Å². The van der Waals surface area contributed by atoms with Crippen LogP contribution in [0.25, 0.3) is 0 Å². The highest BCUT2D eigenvalue weighted by molar-refractivity contribution is 6.16. The number of aliphatic imine (C=N–C) groups is 1. The Morgan fingerprint density at radius 3 is 2.25 bits per heavy atom. The lowest BCUT2D eigenvalue weighted by molar-refractivity contribution is 0.103. The zero-order valence-corrected chi connectivity index (χ0v) is 18.4. The highest BCUT2D eigenvalue weighted by Gasteiger charge is 2.34. The molecule has 32 heavy (non-hydrogen) atoms. The van der Waals surface area contributed by atoms with Gasteiger partial charge in [-0.3, -0.25) is 14.8 Å². The van der Waals surface area contributed by atoms with E-state index in [0.29, 0.717) is 22.8 Å². The Hall–Kier alpha value is -3.47. The summed E-state index contributed by atoms with van der Waals surface area (Å²) < 4.78 is 11.2. The van der Waals surface area contributed by atoms with Crippen LogP contribution in [0.5, 0.6) is 11.5 Å². The molecule has 2 unspecified atom stereocenters. The van der Waals surface area contributed by atoms with Crippen LogP contribution in [0.2, 0.25) is 0 Å². The third kappa shape index (κ3) is 3.58. The Morgan fingerprint density at radius 2 is 1.53 bits per heavy atom. The van der Waals surface area contributed by atoms with E-state index in [2.05, 4.69) is 11.1 Å². The number of fused-ring (bicyclic) bond motifs is 3. The number of rotatable bonds is 5. The van der Waals surface area contributed by atoms with Gasteiger partial charge in [0.1, 0.15) is 0 Å². The number of benzene rings is 2. The van der Waals surface area contributed by atoms with Crippen LogP contribution < -0.4 is 9.47 Å². The van der Waals surface area contributed by atoms with Crippen LogP contribution in [0.4, 0.5) is 0 Å². The molecule has 0 amide bonds. The topological polar surface area (TPSA) is 60.8 Å². The molecule has 1 fully saturated rings. The minimum absolute atomic E-state index is 0.0105. The number of carbonyl (C=O) groups is 1. The van der Waals surface area contributed by atoms with Crippen LogP contribution in [-0.4, -0.2) is 36.7 Å². The summed E-state index contributed by atoms with van der Waals surface area (Å²) in [6.45, 7) is 0. The summed E-state index contributed by atoms with van der Waals surface area (Å²) in [5.41, 5.74) is 5.64. The number of hydrogen-bond acceptors (Lipinski definition) is 5. The average Bonchev–Trinajstić information content (AvgIpc) is 2.87. The van der Waals surface area contributed by atoms with Gasteiger partial charge in [0.2, 0.25) is 0 Å². The van der Waals surface area contributed by atoms with Crippen molar-refractivity contribution in [2.45, 2.75) is 37.6 Å². The number of hydrogen-bond donors (Lipinski definition) is 0. The van der Waals surface area contributed by atoms with Gasteiger partial charge in [0.05, 0.1) is 26.0 Å². The first kappa shape index (κ1) is 20.4. The third-order valence-corrected chi connectivity index (χ3v) is 6.60. The van der Waals surface area contributed by atoms with Crippen LogP contribution in [0.15, 0.2) is 65.9 Å². The monoisotopic (exact) mass is 426 g/mol. The van der Waals surface area contributed by atoms with Gasteiger partial charge in [0.15, 0.2) is 17.3 Å². The number of carbonyl (C=O) groups excluding carboxylic acids is 1. The largest absolute Gasteiger partial charge is 0.493 e. The van der Waals surface area contributed by atoms with Crippen molar-refractivity contribution in [1.82, 2.24) is 4.98 Å². The summed E-state index contributed by atoms with van der Waals surface area (Å²) in [4.78, 5) is 22.0. The third-order valence-electron chi connectivity index (χ3n) is 6.60. The SMILES string of the molecule is COc1cc2c(cc1OC)C1CCCCC1N=C2c1ccc(C(=O)c2ccncc2)cc1. The van der Waals surface area contributed by atoms with E-state index in [9.17, 15) is 4.79 Å². The van der Waals surface area contributed by atoms with Gasteiger partial charge in [-0.1, -0.05) is 37.1 Å². The number of pyridine rings is 1. The quantitative estimate of drug-likeness (QED) is 0.526. The molecule has 1 aliphatic heterocycles. The molecule has 1 aromatic heterocycles. The van der Waals surface area contributed by atoms with Gasteiger partial charge >= 0.3 is 0 Å². The summed E-state index contributed by atoms with van der Waals surface area (Å²) in [7, 11) is 3.34. The fourth-order valence-electron chi connectivity index (χ4n) is 4.95. The smallest absolute Gasteiger partial charge is 0.193 e. The molecular weight excluding hydrogens is 400 g/mol. The molecule has 3 aromatic rings. The Balaban J connectivity index is 1.56. The average molecular weight is 427 g/mol. The predicted molar refractivity (Wildman–Crippen MR) is 124 cm³/mol. The van der Waals surface area contributed by atoms with Crippen molar-refractivity contribution >= 4 is 11.5 Å². The van der Waals surface area contributed by atoms with Crippen LogP contribution in [0, 0.1) is 0 Å². The lowest BCUT2D eigenvalue weighted by Crippen LogP contribution is -2.29. The molecule has 2 aromatic carbocycles. The van der Waals surface area contributed by atoms with Crippen molar-refractivity contribution in [3.8, 4) is 11.5 Å². The molecule has 162 valence electrons. The van der Waals surface area contributed by atoms with Crippen LogP contribution in [0.3, 0.4) is 0 Å². The van der Waals surface area contributed by atoms with Gasteiger partial charge in [-0.15, -0.1) is 0 Å². The second kappa shape index (κ2) is 8.58. The Kier molecular flexibility index (Phi) is 5.48. The van der Waals surface area contributed by atoms with E-state index in [0.717, 1.165) is 35.4 Å². The van der Waals surface area contributed by atoms with Crippen molar-refractivity contribution in [2.24, 2.45) is 4.99 Å². The zero-order chi connectivity index (χ0) is 22.1. The van der Waals surface area contributed by atoms with Crippen LogP contribution >= 0.6 is 0 Å². The molecular formula is C27H26N2O3. The zero-order valence-electron chi connectivity index (χ0n) is 18.4. The number of methoxy groups -OCH3 is 2. The Bertz CT molecular complexity index is 1170. The normalized spacial score (nSPS) is 19.4. The van der Waals surface area contributed by atoms with E-state index in [1.807, 2.05) is 30.3 Å². The molecule has 5 nitrogen and oxygen atoms in total. The van der Waals surface area contributed by atoms with Gasteiger partial charge in [-0.25, -0.2) is 0 Å². The van der Waals surface area contributed by atoms with Crippen molar-refractivity contribution in [1.29, 1.82) is 0 Å². The molecule has 1 aliphatic carbocycles. The fourth-order valence-corrected chi connectivity index (χ4v) is 4.95. The van der Waals surface area contributed by atoms with Crippen molar-refractivity contribution in [2.75, 3.05) is 14.2 Å². The Labute approximate surface area is 188 Å². The van der Waals surface area contributed by atoms with E-state index in [4.69, 9.17) is 14.5 Å². The Morgan fingerprint density at radius 1 is 0.875 bits per heavy atom. The van der Waals surface area contributed by atoms with E-state index in [1.54, 1.807) is 38.7 Å². The fraction of sp³-hybridized carbons (Fsp3) is 0.296. The second-order valence-electron chi connectivity index (χ2n) is 8.37. The highest BCUT2D eigenvalue weighted by Crippen LogP contribution is 2.44. The van der Waals surface area contributed by atoms with Gasteiger partial charge in [0.25, 0.3) is 0 Å². The number of aromatic nitrogens is 1. The number of nitrogens with zero attached hydrogens (tertiary/aromatic N) is 2. The molecule has 2 atom stereocenters. The highest BCUT2D eigenvalue weighted by atomic mass is 16.5. The van der Waals surface area contributed by atoms with Gasteiger partial charge < -0.3 is 9.47 Å². The minimum atomic E-state index is -0.0105. The number of ketones is 1. The molecule has 0 saturated heterocycles. The number of ether oxygens (including phenoxy) is 2. The second-order valence-corrected chi connectivity index (χ2v) is 8.37. The minimum Gasteiger partial charge on any atom is -0.493 e. The maximum atomic E-state index is 12.8. The van der Waals surface area contributed by atoms with E-state index in [1.165, 1.54) is 18.4 Å². The van der Waals surface area contributed by atoms with Crippen molar-refractivity contribution < 1.29 is 14.3 Å². The maximum absolute atomic E-state index is 12.8. The van der Waals surface area contributed by atoms with E-state index in [-0.39, 0.29) is 11.8 Å². The molecule has 2 heterocycles. The van der Waals surface area contributed by atoms with Crippen LogP contribution in [0.1, 0.15) is 64.2 Å². The van der Waals surface area contributed by atoms with Crippen molar-refractivity contribution in [3.63, 3.8) is 0 Å². The first-order valence-corrected chi connectivity index (χ1v) is 11.1. The van der Waals surface area contributed by atoms with Crippen LogP contribution in [-0.2, 0) is 0 Å². The van der Waals surface area contributed by atoms with E-state index < -0.39 is 0 Å². The van der Waals surface area contributed by atoms with Crippen molar-refractivity contribution in [3.05, 3.63) is 88.7 Å². The summed E-state index contributed by atoms with van der Waals surface area (Å²) >= 11 is 0. The van der Waals surface area contributed by atoms with Gasteiger partial charge in [0, 0.05) is 40.6 Å². The van der Waals surface area contributed by atoms with Gasteiger partial charge in [-0.2, -0.15) is 0 Å². The maximum Gasteiger partial charge on any atom is 0.193 e. The summed E-state index contributed by atoms with van der Waals surface area (Å²) in [5, 5.41) is 0. The molecule has 0 bridgehead atoms. The molecule has 1 saturated carbocycles. The molecule has 5 rings (SSSR count). The lowest BCUT2D eigenvalue weighted by Gasteiger charge is -2.35. The summed E-state index contributed by atoms with van der Waals surface area (Å²) in [5.74, 6) is 1.87. The summed E-state index contributed by atoms with van der Waals surface area (Å²) in [6.07, 6.45) is 7.95. The molecule has 0 N–H and O–H groups in total. The summed E-state index contributed by atoms with van der Waals surface area (Å²) in [6, 6.07) is 15.7. The van der Waals surface area contributed by atoms with Gasteiger partial charge in [-0.05, 0) is 42.7 Å². The molecule has 5 heteroatoms. The first-order valence-electron chi connectivity index (χ1n) is 11.1. The molecule has 0 spiro atoms. The molecule has 2 aliphatic rings. The predicted octanol–water partition coefficient (Wildman–Crippen LogP) is 5.21. The molecule has 0 radical (unpaired) electrons. The lowest BCUT2D eigenvalue weighted by atomic mass is 9.75. The standard InChI is InChI=1S/C27H26N2O3/c1-31-24-15-21-20-5-3-4-6-23(20)29-26(22(21)16-25(24)32-2)17-7-9-18(10-8-17)27(30)19-11-13-28-14-12-19/h7-16,20,23H,3-6H2,1-2H3. The first-order chi connectivity index (χ1) is 15.7.